The van der Waals surface area contributed by atoms with Crippen LogP contribution in [-0.4, -0.2) is 30.1 Å². The first kappa shape index (κ1) is 15.6. The lowest BCUT2D eigenvalue weighted by atomic mass is 10.2. The molecule has 1 heterocycles. The zero-order chi connectivity index (χ0) is 14.5. The summed E-state index contributed by atoms with van der Waals surface area (Å²) in [5.74, 6) is -0.109. The molecule has 1 aliphatic carbocycles. The first-order valence-corrected chi connectivity index (χ1v) is 6.82. The van der Waals surface area contributed by atoms with Crippen LogP contribution in [0.5, 0.6) is 0 Å². The molecule has 0 radical (unpaired) electrons. The van der Waals surface area contributed by atoms with Gasteiger partial charge in [0, 0.05) is 12.8 Å². The molecule has 0 atom stereocenters. The molecule has 19 heavy (non-hydrogen) atoms. The molecule has 1 aliphatic rings. The maximum atomic E-state index is 12.0. The van der Waals surface area contributed by atoms with Crippen molar-refractivity contribution in [3.63, 3.8) is 0 Å². The first-order chi connectivity index (χ1) is 9.06. The molecule has 1 aromatic rings. The van der Waals surface area contributed by atoms with Gasteiger partial charge in [-0.2, -0.15) is 0 Å². The number of aromatic nitrogens is 1. The Bertz CT molecular complexity index is 440. The molecule has 0 unspecified atom stereocenters. The number of rotatable bonds is 4. The number of pyridine rings is 1. The van der Waals surface area contributed by atoms with Crippen LogP contribution in [0.2, 0.25) is 0 Å². The van der Waals surface area contributed by atoms with E-state index in [1.807, 2.05) is 33.8 Å². The average molecular weight is 264 g/mol. The molecule has 1 amide bonds. The summed E-state index contributed by atoms with van der Waals surface area (Å²) in [6.07, 6.45) is 1.97. The van der Waals surface area contributed by atoms with Gasteiger partial charge in [-0.15, -0.1) is 0 Å². The topological polar surface area (TPSA) is 51.2 Å². The fraction of sp³-hybridized carbons (Fsp3) is 0.600. The van der Waals surface area contributed by atoms with Crippen molar-refractivity contribution in [2.45, 2.75) is 46.1 Å². The average Bonchev–Trinajstić information content (AvgIpc) is 3.15. The molecule has 4 nitrogen and oxygen atoms in total. The summed E-state index contributed by atoms with van der Waals surface area (Å²) in [4.78, 5) is 16.3. The highest BCUT2D eigenvalue weighted by Crippen LogP contribution is 2.35. The van der Waals surface area contributed by atoms with Crippen molar-refractivity contribution >= 4 is 5.91 Å². The minimum atomic E-state index is -0.147. The molecular formula is C15H24N2O2. The number of ether oxygens (including phenoxy) is 1. The van der Waals surface area contributed by atoms with E-state index in [0.29, 0.717) is 12.3 Å². The Labute approximate surface area is 115 Å². The van der Waals surface area contributed by atoms with Gasteiger partial charge in [-0.25, -0.2) is 4.98 Å². The molecule has 0 aromatic carbocycles. The number of aryl methyl sites for hydroxylation is 2. The molecule has 0 saturated heterocycles. The van der Waals surface area contributed by atoms with Gasteiger partial charge in [0.05, 0.1) is 12.1 Å². The van der Waals surface area contributed by atoms with Crippen molar-refractivity contribution in [2.75, 3.05) is 13.7 Å². The molecule has 1 fully saturated rings. The molecule has 0 bridgehead atoms. The van der Waals surface area contributed by atoms with Crippen molar-refractivity contribution < 1.29 is 9.53 Å². The van der Waals surface area contributed by atoms with Gasteiger partial charge in [-0.05, 0) is 38.3 Å². The van der Waals surface area contributed by atoms with Gasteiger partial charge in [-0.1, -0.05) is 19.9 Å². The highest BCUT2D eigenvalue weighted by Gasteiger charge is 2.44. The largest absolute Gasteiger partial charge is 0.382 e. The van der Waals surface area contributed by atoms with Gasteiger partial charge in [0.2, 0.25) is 0 Å². The van der Waals surface area contributed by atoms with Crippen molar-refractivity contribution in [3.8, 4) is 0 Å². The summed E-state index contributed by atoms with van der Waals surface area (Å²) in [5.41, 5.74) is 2.33. The lowest BCUT2D eigenvalue weighted by molar-refractivity contribution is 0.0876. The number of carbonyl (C=O) groups excluding carboxylic acids is 1. The van der Waals surface area contributed by atoms with Crippen LogP contribution in [0.25, 0.3) is 0 Å². The molecular weight excluding hydrogens is 240 g/mol. The van der Waals surface area contributed by atoms with Crippen LogP contribution < -0.4 is 5.32 Å². The Hall–Kier alpha value is -1.42. The number of hydrogen-bond acceptors (Lipinski definition) is 3. The molecule has 106 valence electrons. The van der Waals surface area contributed by atoms with Crippen molar-refractivity contribution in [1.29, 1.82) is 0 Å². The number of methoxy groups -OCH3 is 1. The number of nitrogens with one attached hydrogen (secondary N) is 1. The van der Waals surface area contributed by atoms with Crippen LogP contribution >= 0.6 is 0 Å². The fourth-order valence-electron chi connectivity index (χ4n) is 1.79. The normalized spacial score (nSPS) is 15.2. The number of hydrogen-bond donors (Lipinski definition) is 1. The predicted molar refractivity (Wildman–Crippen MR) is 76.4 cm³/mol. The Morgan fingerprint density at radius 1 is 1.37 bits per heavy atom. The quantitative estimate of drug-likeness (QED) is 0.909. The van der Waals surface area contributed by atoms with Crippen LogP contribution in [0.3, 0.4) is 0 Å². The van der Waals surface area contributed by atoms with Gasteiger partial charge in [-0.3, -0.25) is 4.79 Å². The Balaban J connectivity index is 0.000000861. The van der Waals surface area contributed by atoms with Gasteiger partial charge in [0.1, 0.15) is 5.69 Å². The maximum absolute atomic E-state index is 12.0. The molecule has 0 spiro atoms. The summed E-state index contributed by atoms with van der Waals surface area (Å²) in [6, 6.07) is 3.69. The third-order valence-electron chi connectivity index (χ3n) is 3.24. The first-order valence-electron chi connectivity index (χ1n) is 6.82. The Morgan fingerprint density at radius 3 is 2.47 bits per heavy atom. The van der Waals surface area contributed by atoms with Crippen LogP contribution in [0.1, 0.15) is 48.4 Å². The zero-order valence-corrected chi connectivity index (χ0v) is 12.5. The maximum Gasteiger partial charge on any atom is 0.270 e. The minimum absolute atomic E-state index is 0.109. The Kier molecular flexibility index (Phi) is 5.48. The van der Waals surface area contributed by atoms with E-state index < -0.39 is 0 Å². The second-order valence-corrected chi connectivity index (χ2v) is 4.77. The number of carbonyl (C=O) groups is 1. The SMILES string of the molecule is CC.COCC1(NC(=O)c2ccc(C)c(C)n2)CC1. The summed E-state index contributed by atoms with van der Waals surface area (Å²) < 4.78 is 5.11. The summed E-state index contributed by atoms with van der Waals surface area (Å²) in [6.45, 7) is 8.47. The molecule has 4 heteroatoms. The highest BCUT2D eigenvalue weighted by atomic mass is 16.5. The molecule has 2 rings (SSSR count). The second-order valence-electron chi connectivity index (χ2n) is 4.77. The van der Waals surface area contributed by atoms with Crippen molar-refractivity contribution in [1.82, 2.24) is 10.3 Å². The van der Waals surface area contributed by atoms with E-state index in [1.165, 1.54) is 0 Å². The van der Waals surface area contributed by atoms with E-state index in [2.05, 4.69) is 10.3 Å². The highest BCUT2D eigenvalue weighted by molar-refractivity contribution is 5.93. The third kappa shape index (κ3) is 4.03. The van der Waals surface area contributed by atoms with E-state index in [1.54, 1.807) is 13.2 Å². The second kappa shape index (κ2) is 6.66. The number of nitrogens with zero attached hydrogens (tertiary/aromatic N) is 1. The molecule has 1 aromatic heterocycles. The lowest BCUT2D eigenvalue weighted by Crippen LogP contribution is -2.40. The van der Waals surface area contributed by atoms with Crippen LogP contribution in [0, 0.1) is 13.8 Å². The van der Waals surface area contributed by atoms with Gasteiger partial charge in [0.25, 0.3) is 5.91 Å². The van der Waals surface area contributed by atoms with E-state index in [-0.39, 0.29) is 11.4 Å². The van der Waals surface area contributed by atoms with Crippen LogP contribution in [-0.2, 0) is 4.74 Å². The smallest absolute Gasteiger partial charge is 0.270 e. The number of amides is 1. The zero-order valence-electron chi connectivity index (χ0n) is 12.5. The lowest BCUT2D eigenvalue weighted by Gasteiger charge is -2.16. The summed E-state index contributed by atoms with van der Waals surface area (Å²) >= 11 is 0. The van der Waals surface area contributed by atoms with Crippen molar-refractivity contribution in [2.24, 2.45) is 0 Å². The van der Waals surface area contributed by atoms with E-state index >= 15 is 0 Å². The predicted octanol–water partition coefficient (Wildman–Crippen LogP) is 2.63. The fourth-order valence-corrected chi connectivity index (χ4v) is 1.79. The molecule has 0 aliphatic heterocycles. The summed E-state index contributed by atoms with van der Waals surface area (Å²) in [7, 11) is 1.65. The third-order valence-corrected chi connectivity index (χ3v) is 3.24. The van der Waals surface area contributed by atoms with Crippen LogP contribution in [0.15, 0.2) is 12.1 Å². The van der Waals surface area contributed by atoms with E-state index in [4.69, 9.17) is 4.74 Å². The van der Waals surface area contributed by atoms with Gasteiger partial charge >= 0.3 is 0 Å². The van der Waals surface area contributed by atoms with Gasteiger partial charge in [0.15, 0.2) is 0 Å². The van der Waals surface area contributed by atoms with E-state index in [9.17, 15) is 4.79 Å². The van der Waals surface area contributed by atoms with Gasteiger partial charge < -0.3 is 10.1 Å². The van der Waals surface area contributed by atoms with E-state index in [0.717, 1.165) is 24.1 Å². The van der Waals surface area contributed by atoms with Crippen molar-refractivity contribution in [3.05, 3.63) is 29.1 Å². The monoisotopic (exact) mass is 264 g/mol. The minimum Gasteiger partial charge on any atom is -0.382 e. The summed E-state index contributed by atoms with van der Waals surface area (Å²) in [5, 5.41) is 3.00. The Morgan fingerprint density at radius 2 is 2.00 bits per heavy atom. The van der Waals surface area contributed by atoms with Crippen LogP contribution in [0.4, 0.5) is 0 Å². The molecule has 1 N–H and O–H groups in total. The standard InChI is InChI=1S/C13H18N2O2.C2H6/c1-9-4-5-11(14-10(9)2)12(16)15-13(6-7-13)8-17-3;1-2/h4-5H,6-8H2,1-3H3,(H,15,16);1-2H3. The molecule has 1 saturated carbocycles.